The van der Waals surface area contributed by atoms with Gasteiger partial charge in [0, 0.05) is 17.1 Å². The molecule has 0 aliphatic heterocycles. The lowest BCUT2D eigenvalue weighted by Crippen LogP contribution is -2.01. The molecule has 0 aromatic heterocycles. The molecular weight excluding hydrogens is 272 g/mol. The molecule has 0 fully saturated rings. The first kappa shape index (κ1) is 12.3. The topological polar surface area (TPSA) is 73.1 Å². The smallest absolute Gasteiger partial charge is 0.328 e. The second-order valence-corrected chi connectivity index (χ2v) is 3.84. The summed E-state index contributed by atoms with van der Waals surface area (Å²) < 4.78 is 0.858. The van der Waals surface area contributed by atoms with Crippen molar-refractivity contribution in [3.8, 4) is 6.07 Å². The minimum absolute atomic E-state index is 0.359. The van der Waals surface area contributed by atoms with Crippen LogP contribution in [-0.2, 0) is 4.79 Å². The van der Waals surface area contributed by atoms with E-state index in [2.05, 4.69) is 21.2 Å². The molecule has 0 unspecified atom stereocenters. The van der Waals surface area contributed by atoms with Gasteiger partial charge in [-0.05, 0) is 18.2 Å². The van der Waals surface area contributed by atoms with Gasteiger partial charge < -0.3 is 10.4 Å². The fourth-order valence-corrected chi connectivity index (χ4v) is 1.45. The number of carboxylic acids is 1. The molecule has 0 aliphatic carbocycles. The highest BCUT2D eigenvalue weighted by Gasteiger charge is 2.00. The van der Waals surface area contributed by atoms with Crippen LogP contribution < -0.4 is 5.32 Å². The first-order valence-corrected chi connectivity index (χ1v) is 5.26. The van der Waals surface area contributed by atoms with Crippen LogP contribution in [0.1, 0.15) is 5.56 Å². The molecule has 4 nitrogen and oxygen atoms in total. The molecular formula is C11H9BrN2O2. The van der Waals surface area contributed by atoms with E-state index in [0.717, 1.165) is 10.5 Å². The number of rotatable bonds is 4. The van der Waals surface area contributed by atoms with Crippen LogP contribution in [0.15, 0.2) is 34.8 Å². The highest BCUT2D eigenvalue weighted by atomic mass is 79.9. The SMILES string of the molecule is N#Cc1ccc(Br)cc1NC/C=C/C(=O)O. The largest absolute Gasteiger partial charge is 0.478 e. The molecule has 2 N–H and O–H groups in total. The van der Waals surface area contributed by atoms with Gasteiger partial charge in [0.2, 0.25) is 0 Å². The normalized spacial score (nSPS) is 10.0. The van der Waals surface area contributed by atoms with Gasteiger partial charge in [-0.3, -0.25) is 0 Å². The Kier molecular flexibility index (Phi) is 4.55. The van der Waals surface area contributed by atoms with Gasteiger partial charge in [-0.1, -0.05) is 22.0 Å². The third-order valence-corrected chi connectivity index (χ3v) is 2.27. The molecule has 1 rings (SSSR count). The number of carboxylic acid groups (broad SMARTS) is 1. The van der Waals surface area contributed by atoms with Gasteiger partial charge in [-0.15, -0.1) is 0 Å². The van der Waals surface area contributed by atoms with Crippen LogP contribution in [0.25, 0.3) is 0 Å². The number of aliphatic carboxylic acids is 1. The van der Waals surface area contributed by atoms with E-state index in [1.807, 2.05) is 6.07 Å². The third kappa shape index (κ3) is 3.75. The van der Waals surface area contributed by atoms with Crippen molar-refractivity contribution in [3.63, 3.8) is 0 Å². The lowest BCUT2D eigenvalue weighted by molar-refractivity contribution is -0.131. The van der Waals surface area contributed by atoms with Crippen LogP contribution in [0, 0.1) is 11.3 Å². The van der Waals surface area contributed by atoms with Crippen LogP contribution in [0.4, 0.5) is 5.69 Å². The molecule has 0 amide bonds. The Labute approximate surface area is 101 Å². The number of carbonyl (C=O) groups is 1. The van der Waals surface area contributed by atoms with Crippen molar-refractivity contribution in [1.29, 1.82) is 5.26 Å². The van der Waals surface area contributed by atoms with Crippen LogP contribution in [0.2, 0.25) is 0 Å². The Morgan fingerprint density at radius 1 is 1.62 bits per heavy atom. The molecule has 82 valence electrons. The summed E-state index contributed by atoms with van der Waals surface area (Å²) in [4.78, 5) is 10.2. The molecule has 0 radical (unpaired) electrons. The van der Waals surface area contributed by atoms with E-state index in [1.165, 1.54) is 6.08 Å². The zero-order valence-electron chi connectivity index (χ0n) is 8.27. The summed E-state index contributed by atoms with van der Waals surface area (Å²) in [6.07, 6.45) is 2.53. The maximum atomic E-state index is 10.2. The Balaban J connectivity index is 2.70. The molecule has 0 heterocycles. The summed E-state index contributed by atoms with van der Waals surface area (Å²) in [6, 6.07) is 7.28. The summed E-state index contributed by atoms with van der Waals surface area (Å²) in [6.45, 7) is 0.359. The molecule has 0 atom stereocenters. The fourth-order valence-electron chi connectivity index (χ4n) is 1.09. The number of nitriles is 1. The van der Waals surface area contributed by atoms with Gasteiger partial charge in [-0.25, -0.2) is 4.79 Å². The Bertz CT molecular complexity index is 464. The minimum Gasteiger partial charge on any atom is -0.478 e. The molecule has 0 bridgehead atoms. The van der Waals surface area contributed by atoms with E-state index in [-0.39, 0.29) is 0 Å². The first-order valence-electron chi connectivity index (χ1n) is 4.46. The van der Waals surface area contributed by atoms with E-state index < -0.39 is 5.97 Å². The highest BCUT2D eigenvalue weighted by molar-refractivity contribution is 9.10. The number of halogens is 1. The zero-order chi connectivity index (χ0) is 12.0. The highest BCUT2D eigenvalue weighted by Crippen LogP contribution is 2.20. The number of hydrogen-bond acceptors (Lipinski definition) is 3. The standard InChI is InChI=1S/C11H9BrN2O2/c12-9-4-3-8(7-13)10(6-9)14-5-1-2-11(15)16/h1-4,6,14H,5H2,(H,15,16)/b2-1+. The van der Waals surface area contributed by atoms with E-state index in [4.69, 9.17) is 10.4 Å². The Morgan fingerprint density at radius 3 is 3.00 bits per heavy atom. The summed E-state index contributed by atoms with van der Waals surface area (Å²) in [5.74, 6) is -0.989. The van der Waals surface area contributed by atoms with Crippen molar-refractivity contribution in [1.82, 2.24) is 0 Å². The molecule has 0 aliphatic rings. The maximum absolute atomic E-state index is 10.2. The number of hydrogen-bond donors (Lipinski definition) is 2. The maximum Gasteiger partial charge on any atom is 0.328 e. The minimum atomic E-state index is -0.989. The first-order chi connectivity index (χ1) is 7.63. The van der Waals surface area contributed by atoms with Crippen molar-refractivity contribution in [2.75, 3.05) is 11.9 Å². The van der Waals surface area contributed by atoms with E-state index in [1.54, 1.807) is 18.2 Å². The summed E-state index contributed by atoms with van der Waals surface area (Å²) in [7, 11) is 0. The predicted molar refractivity (Wildman–Crippen MR) is 64.1 cm³/mol. The fraction of sp³-hybridized carbons (Fsp3) is 0.0909. The molecule has 5 heteroatoms. The van der Waals surface area contributed by atoms with E-state index >= 15 is 0 Å². The molecule has 0 saturated heterocycles. The van der Waals surface area contributed by atoms with Crippen LogP contribution >= 0.6 is 15.9 Å². The average molecular weight is 281 g/mol. The second kappa shape index (κ2) is 5.93. The molecule has 1 aromatic rings. The Hall–Kier alpha value is -1.80. The van der Waals surface area contributed by atoms with E-state index in [0.29, 0.717) is 17.8 Å². The number of benzene rings is 1. The number of nitrogens with one attached hydrogen (secondary N) is 1. The van der Waals surface area contributed by atoms with Crippen LogP contribution in [0.5, 0.6) is 0 Å². The monoisotopic (exact) mass is 280 g/mol. The lowest BCUT2D eigenvalue weighted by atomic mass is 10.2. The van der Waals surface area contributed by atoms with Gasteiger partial charge in [-0.2, -0.15) is 5.26 Å². The van der Waals surface area contributed by atoms with Crippen molar-refractivity contribution >= 4 is 27.6 Å². The van der Waals surface area contributed by atoms with Gasteiger partial charge >= 0.3 is 5.97 Å². The summed E-state index contributed by atoms with van der Waals surface area (Å²) in [5, 5.41) is 20.2. The zero-order valence-corrected chi connectivity index (χ0v) is 9.86. The van der Waals surface area contributed by atoms with Gasteiger partial charge in [0.05, 0.1) is 11.3 Å². The molecule has 1 aromatic carbocycles. The van der Waals surface area contributed by atoms with Crippen LogP contribution in [0.3, 0.4) is 0 Å². The van der Waals surface area contributed by atoms with Gasteiger partial charge in [0.15, 0.2) is 0 Å². The number of nitrogens with zero attached hydrogens (tertiary/aromatic N) is 1. The summed E-state index contributed by atoms with van der Waals surface area (Å²) in [5.41, 5.74) is 1.19. The molecule has 16 heavy (non-hydrogen) atoms. The predicted octanol–water partition coefficient (Wildman–Crippen LogP) is 2.37. The molecule has 0 spiro atoms. The van der Waals surface area contributed by atoms with Crippen LogP contribution in [-0.4, -0.2) is 17.6 Å². The summed E-state index contributed by atoms with van der Waals surface area (Å²) >= 11 is 3.30. The lowest BCUT2D eigenvalue weighted by Gasteiger charge is -2.05. The van der Waals surface area contributed by atoms with Crippen molar-refractivity contribution in [3.05, 3.63) is 40.4 Å². The average Bonchev–Trinajstić information content (AvgIpc) is 2.24. The third-order valence-electron chi connectivity index (χ3n) is 1.77. The van der Waals surface area contributed by atoms with Gasteiger partial charge in [0.1, 0.15) is 6.07 Å². The quantitative estimate of drug-likeness (QED) is 0.831. The van der Waals surface area contributed by atoms with Crippen molar-refractivity contribution in [2.45, 2.75) is 0 Å². The van der Waals surface area contributed by atoms with Crippen molar-refractivity contribution < 1.29 is 9.90 Å². The van der Waals surface area contributed by atoms with E-state index in [9.17, 15) is 4.79 Å². The number of anilines is 1. The molecule has 0 saturated carbocycles. The second-order valence-electron chi connectivity index (χ2n) is 2.92. The Morgan fingerprint density at radius 2 is 2.38 bits per heavy atom. The van der Waals surface area contributed by atoms with Gasteiger partial charge in [0.25, 0.3) is 0 Å². The van der Waals surface area contributed by atoms with Crippen molar-refractivity contribution in [2.24, 2.45) is 0 Å².